The van der Waals surface area contributed by atoms with Crippen molar-refractivity contribution in [2.75, 3.05) is 23.0 Å². The van der Waals surface area contributed by atoms with Crippen LogP contribution in [0.5, 0.6) is 5.75 Å². The van der Waals surface area contributed by atoms with Gasteiger partial charge in [0.05, 0.1) is 5.75 Å². The predicted molar refractivity (Wildman–Crippen MR) is 123 cm³/mol. The number of ether oxygens (including phenoxy) is 1. The standard InChI is InChI=1S/C23H21ClN2O3S/c1-16-7-8-17(24)13-21(16)26-23(28)15-30-20-11-9-18(10-12-20)25-22(27)14-29-19-5-3-2-4-6-19/h2-13H,14-15H2,1H3,(H,25,27)(H,26,28). The molecule has 0 bridgehead atoms. The summed E-state index contributed by atoms with van der Waals surface area (Å²) in [5.74, 6) is 0.560. The van der Waals surface area contributed by atoms with Crippen molar-refractivity contribution in [1.82, 2.24) is 0 Å². The summed E-state index contributed by atoms with van der Waals surface area (Å²) in [4.78, 5) is 25.1. The van der Waals surface area contributed by atoms with Crippen molar-refractivity contribution in [2.24, 2.45) is 0 Å². The molecule has 30 heavy (non-hydrogen) atoms. The van der Waals surface area contributed by atoms with Crippen LogP contribution in [0.1, 0.15) is 5.56 Å². The molecule has 2 N–H and O–H groups in total. The van der Waals surface area contributed by atoms with Gasteiger partial charge in [0.1, 0.15) is 5.75 Å². The van der Waals surface area contributed by atoms with Gasteiger partial charge in [0.2, 0.25) is 5.91 Å². The van der Waals surface area contributed by atoms with Crippen molar-refractivity contribution in [1.29, 1.82) is 0 Å². The number of thioether (sulfide) groups is 1. The molecule has 0 spiro atoms. The Morgan fingerprint density at radius 1 is 0.933 bits per heavy atom. The van der Waals surface area contributed by atoms with Gasteiger partial charge < -0.3 is 15.4 Å². The Hall–Kier alpha value is -2.96. The summed E-state index contributed by atoms with van der Waals surface area (Å²) in [6, 6.07) is 21.9. The van der Waals surface area contributed by atoms with Crippen LogP contribution in [0.4, 0.5) is 11.4 Å². The van der Waals surface area contributed by atoms with Crippen LogP contribution in [0.3, 0.4) is 0 Å². The van der Waals surface area contributed by atoms with Crippen LogP contribution in [-0.4, -0.2) is 24.2 Å². The summed E-state index contributed by atoms with van der Waals surface area (Å²) in [6.45, 7) is 1.85. The molecule has 0 saturated heterocycles. The summed E-state index contributed by atoms with van der Waals surface area (Å²) in [5.41, 5.74) is 2.33. The summed E-state index contributed by atoms with van der Waals surface area (Å²) in [7, 11) is 0. The van der Waals surface area contributed by atoms with Gasteiger partial charge in [0, 0.05) is 21.3 Å². The number of carbonyl (C=O) groups is 2. The average Bonchev–Trinajstić information content (AvgIpc) is 2.75. The summed E-state index contributed by atoms with van der Waals surface area (Å²) in [6.07, 6.45) is 0. The molecular weight excluding hydrogens is 420 g/mol. The van der Waals surface area contributed by atoms with Crippen LogP contribution in [0, 0.1) is 6.92 Å². The summed E-state index contributed by atoms with van der Waals surface area (Å²) >= 11 is 7.39. The van der Waals surface area contributed by atoms with Crippen LogP contribution in [0.2, 0.25) is 5.02 Å². The van der Waals surface area contributed by atoms with Crippen molar-refractivity contribution < 1.29 is 14.3 Å². The van der Waals surface area contributed by atoms with Crippen LogP contribution < -0.4 is 15.4 Å². The van der Waals surface area contributed by atoms with E-state index in [9.17, 15) is 9.59 Å². The van der Waals surface area contributed by atoms with Crippen molar-refractivity contribution in [2.45, 2.75) is 11.8 Å². The van der Waals surface area contributed by atoms with E-state index in [0.29, 0.717) is 22.1 Å². The lowest BCUT2D eigenvalue weighted by molar-refractivity contribution is -0.118. The Kier molecular flexibility index (Phi) is 7.76. The van der Waals surface area contributed by atoms with Gasteiger partial charge in [-0.3, -0.25) is 9.59 Å². The molecule has 0 atom stereocenters. The number of amides is 2. The van der Waals surface area contributed by atoms with Gasteiger partial charge in [-0.15, -0.1) is 11.8 Å². The van der Waals surface area contributed by atoms with Gasteiger partial charge in [-0.05, 0) is 61.0 Å². The van der Waals surface area contributed by atoms with E-state index in [1.807, 2.05) is 43.3 Å². The molecule has 0 fully saturated rings. The Morgan fingerprint density at radius 2 is 1.67 bits per heavy atom. The third kappa shape index (κ3) is 6.83. The van der Waals surface area contributed by atoms with Crippen molar-refractivity contribution in [3.05, 3.63) is 83.4 Å². The number of benzene rings is 3. The Bertz CT molecular complexity index is 1010. The van der Waals surface area contributed by atoms with Crippen molar-refractivity contribution in [3.8, 4) is 5.75 Å². The second kappa shape index (κ2) is 10.7. The maximum Gasteiger partial charge on any atom is 0.262 e. The van der Waals surface area contributed by atoms with E-state index in [0.717, 1.165) is 10.5 Å². The highest BCUT2D eigenvalue weighted by Crippen LogP contribution is 2.23. The first kappa shape index (κ1) is 21.7. The first-order valence-electron chi connectivity index (χ1n) is 9.26. The highest BCUT2D eigenvalue weighted by atomic mass is 35.5. The maximum absolute atomic E-state index is 12.2. The zero-order chi connectivity index (χ0) is 21.3. The quantitative estimate of drug-likeness (QED) is 0.460. The molecule has 0 heterocycles. The summed E-state index contributed by atoms with van der Waals surface area (Å²) in [5, 5.41) is 6.23. The fraction of sp³-hybridized carbons (Fsp3) is 0.130. The number of rotatable bonds is 8. The van der Waals surface area contributed by atoms with Gasteiger partial charge in [-0.1, -0.05) is 35.9 Å². The van der Waals surface area contributed by atoms with Gasteiger partial charge in [0.25, 0.3) is 5.91 Å². The number of nitrogens with one attached hydrogen (secondary N) is 2. The fourth-order valence-corrected chi connectivity index (χ4v) is 3.43. The van der Waals surface area contributed by atoms with E-state index in [1.54, 1.807) is 36.4 Å². The van der Waals surface area contributed by atoms with Crippen LogP contribution >= 0.6 is 23.4 Å². The zero-order valence-electron chi connectivity index (χ0n) is 16.4. The number of hydrogen-bond acceptors (Lipinski definition) is 4. The first-order valence-corrected chi connectivity index (χ1v) is 10.6. The largest absolute Gasteiger partial charge is 0.484 e. The third-order valence-corrected chi connectivity index (χ3v) is 5.34. The Balaban J connectivity index is 1.44. The molecule has 0 radical (unpaired) electrons. The lowest BCUT2D eigenvalue weighted by Gasteiger charge is -2.09. The van der Waals surface area contributed by atoms with Gasteiger partial charge in [-0.25, -0.2) is 0 Å². The Labute approximate surface area is 184 Å². The molecule has 0 unspecified atom stereocenters. The molecule has 5 nitrogen and oxygen atoms in total. The predicted octanol–water partition coefficient (Wildman–Crippen LogP) is 5.40. The van der Waals surface area contributed by atoms with Gasteiger partial charge in [-0.2, -0.15) is 0 Å². The number of aryl methyl sites for hydroxylation is 1. The van der Waals surface area contributed by atoms with Gasteiger partial charge in [0.15, 0.2) is 6.61 Å². The van der Waals surface area contributed by atoms with Crippen LogP contribution in [-0.2, 0) is 9.59 Å². The molecule has 0 saturated carbocycles. The topological polar surface area (TPSA) is 67.4 Å². The van der Waals surface area contributed by atoms with Gasteiger partial charge >= 0.3 is 0 Å². The molecule has 3 aromatic rings. The smallest absolute Gasteiger partial charge is 0.262 e. The molecule has 154 valence electrons. The average molecular weight is 441 g/mol. The molecule has 7 heteroatoms. The minimum Gasteiger partial charge on any atom is -0.484 e. The van der Waals surface area contributed by atoms with Crippen molar-refractivity contribution in [3.63, 3.8) is 0 Å². The normalized spacial score (nSPS) is 10.3. The molecular formula is C23H21ClN2O3S. The van der Waals surface area contributed by atoms with E-state index >= 15 is 0 Å². The molecule has 3 aromatic carbocycles. The van der Waals surface area contributed by atoms with E-state index in [-0.39, 0.29) is 24.2 Å². The molecule has 3 rings (SSSR count). The lowest BCUT2D eigenvalue weighted by Crippen LogP contribution is -2.20. The number of para-hydroxylation sites is 1. The van der Waals surface area contributed by atoms with E-state index in [1.165, 1.54) is 11.8 Å². The number of carbonyl (C=O) groups excluding carboxylic acids is 2. The van der Waals surface area contributed by atoms with E-state index < -0.39 is 0 Å². The third-order valence-electron chi connectivity index (χ3n) is 4.09. The molecule has 0 aliphatic heterocycles. The minimum atomic E-state index is -0.240. The van der Waals surface area contributed by atoms with E-state index in [4.69, 9.17) is 16.3 Å². The number of anilines is 2. The molecule has 0 aliphatic rings. The first-order chi connectivity index (χ1) is 14.5. The molecule has 0 aliphatic carbocycles. The fourth-order valence-electron chi connectivity index (χ4n) is 2.56. The Morgan fingerprint density at radius 3 is 2.40 bits per heavy atom. The van der Waals surface area contributed by atoms with Crippen molar-refractivity contribution >= 4 is 46.6 Å². The lowest BCUT2D eigenvalue weighted by atomic mass is 10.2. The number of halogens is 1. The second-order valence-corrected chi connectivity index (χ2v) is 7.96. The monoisotopic (exact) mass is 440 g/mol. The zero-order valence-corrected chi connectivity index (χ0v) is 17.9. The number of hydrogen-bond donors (Lipinski definition) is 2. The molecule has 0 aromatic heterocycles. The van der Waals surface area contributed by atoms with E-state index in [2.05, 4.69) is 10.6 Å². The highest BCUT2D eigenvalue weighted by Gasteiger charge is 2.08. The molecule has 2 amide bonds. The SMILES string of the molecule is Cc1ccc(Cl)cc1NC(=O)CSc1ccc(NC(=O)COc2ccccc2)cc1. The van der Waals surface area contributed by atoms with Crippen LogP contribution in [0.15, 0.2) is 77.7 Å². The van der Waals surface area contributed by atoms with Crippen LogP contribution in [0.25, 0.3) is 0 Å². The maximum atomic E-state index is 12.2. The second-order valence-electron chi connectivity index (χ2n) is 6.47. The minimum absolute atomic E-state index is 0.0659. The summed E-state index contributed by atoms with van der Waals surface area (Å²) < 4.78 is 5.42. The highest BCUT2D eigenvalue weighted by molar-refractivity contribution is 8.00.